The number of halogens is 3. The highest BCUT2D eigenvalue weighted by atomic mass is 19.4. The number of aromatic nitrogens is 4. The summed E-state index contributed by atoms with van der Waals surface area (Å²) in [4.78, 5) is 40.3. The number of nitrogens with one attached hydrogen (secondary N) is 2. The minimum absolute atomic E-state index is 0.0882. The summed E-state index contributed by atoms with van der Waals surface area (Å²) in [7, 11) is 0. The lowest BCUT2D eigenvalue weighted by Gasteiger charge is -2.16. The Hall–Kier alpha value is -4.48. The van der Waals surface area contributed by atoms with E-state index in [0.717, 1.165) is 37.9 Å². The average Bonchev–Trinajstić information content (AvgIpc) is 3.54. The van der Waals surface area contributed by atoms with Crippen molar-refractivity contribution in [2.24, 2.45) is 0 Å². The second-order valence-corrected chi connectivity index (χ2v) is 10.4. The normalized spacial score (nSPS) is 15.5. The van der Waals surface area contributed by atoms with Crippen LogP contribution >= 0.6 is 0 Å². The van der Waals surface area contributed by atoms with Crippen molar-refractivity contribution in [3.8, 4) is 11.4 Å². The molecule has 212 valence electrons. The highest BCUT2D eigenvalue weighted by molar-refractivity contribution is 5.95. The van der Waals surface area contributed by atoms with E-state index in [1.165, 1.54) is 6.07 Å². The predicted octanol–water partition coefficient (Wildman–Crippen LogP) is 4.64. The Morgan fingerprint density at radius 3 is 2.56 bits per heavy atom. The van der Waals surface area contributed by atoms with Crippen molar-refractivity contribution in [1.82, 2.24) is 29.7 Å². The van der Waals surface area contributed by atoms with E-state index in [-0.39, 0.29) is 24.4 Å². The topological polar surface area (TPSA) is 105 Å². The van der Waals surface area contributed by atoms with E-state index in [1.807, 2.05) is 9.47 Å². The van der Waals surface area contributed by atoms with Gasteiger partial charge in [-0.3, -0.25) is 9.59 Å². The van der Waals surface area contributed by atoms with E-state index >= 15 is 0 Å². The van der Waals surface area contributed by atoms with Gasteiger partial charge in [0.2, 0.25) is 5.91 Å². The van der Waals surface area contributed by atoms with Crippen molar-refractivity contribution in [3.63, 3.8) is 0 Å². The molecule has 1 aliphatic carbocycles. The number of carbonyl (C=O) groups excluding carboxylic acids is 2. The summed E-state index contributed by atoms with van der Waals surface area (Å²) in [5.74, 6) is 0.735. The van der Waals surface area contributed by atoms with Gasteiger partial charge in [0.15, 0.2) is 17.3 Å². The Labute approximate surface area is 233 Å². The smallest absolute Gasteiger partial charge is 0.364 e. The van der Waals surface area contributed by atoms with Gasteiger partial charge in [0.1, 0.15) is 5.52 Å². The molecule has 3 heterocycles. The average molecular weight is 564 g/mol. The Bertz CT molecular complexity index is 1600. The summed E-state index contributed by atoms with van der Waals surface area (Å²) in [6, 6.07) is 12.3. The molecule has 2 amide bonds. The van der Waals surface area contributed by atoms with E-state index in [0.29, 0.717) is 59.0 Å². The number of likely N-dealkylation sites (tertiary alicyclic amines) is 1. The van der Waals surface area contributed by atoms with Crippen molar-refractivity contribution in [3.05, 3.63) is 71.5 Å². The van der Waals surface area contributed by atoms with Crippen LogP contribution in [0.5, 0.6) is 0 Å². The molecule has 2 fully saturated rings. The quantitative estimate of drug-likeness (QED) is 0.308. The van der Waals surface area contributed by atoms with Gasteiger partial charge in [0, 0.05) is 49.8 Å². The van der Waals surface area contributed by atoms with Crippen LogP contribution in [0.4, 0.5) is 19.0 Å². The molecular weight excluding hydrogens is 535 g/mol. The van der Waals surface area contributed by atoms with Crippen LogP contribution < -0.4 is 10.6 Å². The fourth-order valence-corrected chi connectivity index (χ4v) is 4.84. The van der Waals surface area contributed by atoms with Gasteiger partial charge in [0.05, 0.1) is 11.9 Å². The molecule has 0 atom stereocenters. The Kier molecular flexibility index (Phi) is 7.06. The van der Waals surface area contributed by atoms with Crippen LogP contribution in [0.2, 0.25) is 0 Å². The highest BCUT2D eigenvalue weighted by Gasteiger charge is 2.30. The minimum Gasteiger partial charge on any atom is -0.364 e. The molecule has 2 aromatic carbocycles. The maximum atomic E-state index is 13.2. The van der Waals surface area contributed by atoms with Crippen LogP contribution in [0.15, 0.2) is 54.9 Å². The number of imidazole rings is 1. The molecule has 6 rings (SSSR count). The lowest BCUT2D eigenvalue weighted by Crippen LogP contribution is -2.28. The number of fused-ring (bicyclic) bond motifs is 1. The van der Waals surface area contributed by atoms with Crippen molar-refractivity contribution >= 4 is 28.8 Å². The summed E-state index contributed by atoms with van der Waals surface area (Å²) in [5.41, 5.74) is 1.91. The van der Waals surface area contributed by atoms with Crippen molar-refractivity contribution in [2.45, 2.75) is 51.0 Å². The Balaban J connectivity index is 1.30. The molecule has 2 N–H and O–H groups in total. The lowest BCUT2D eigenvalue weighted by molar-refractivity contribution is -0.137. The summed E-state index contributed by atoms with van der Waals surface area (Å²) in [6.45, 7) is 1.80. The van der Waals surface area contributed by atoms with Crippen LogP contribution in [0, 0.1) is 0 Å². The van der Waals surface area contributed by atoms with Crippen molar-refractivity contribution in [1.29, 1.82) is 0 Å². The van der Waals surface area contributed by atoms with Crippen LogP contribution in [0.3, 0.4) is 0 Å². The van der Waals surface area contributed by atoms with Crippen molar-refractivity contribution in [2.75, 3.05) is 18.4 Å². The van der Waals surface area contributed by atoms with Crippen LogP contribution in [-0.2, 0) is 24.1 Å². The molecule has 12 heteroatoms. The number of carbonyl (C=O) groups is 2. The predicted molar refractivity (Wildman–Crippen MR) is 146 cm³/mol. The van der Waals surface area contributed by atoms with Gasteiger partial charge in [-0.15, -0.1) is 0 Å². The molecule has 9 nitrogen and oxygen atoms in total. The first-order valence-corrected chi connectivity index (χ1v) is 13.6. The maximum Gasteiger partial charge on any atom is 0.416 e. The van der Waals surface area contributed by atoms with Crippen LogP contribution in [-0.4, -0.2) is 55.4 Å². The van der Waals surface area contributed by atoms with E-state index < -0.39 is 11.7 Å². The number of amides is 2. The van der Waals surface area contributed by atoms with Gasteiger partial charge in [-0.05, 0) is 49.1 Å². The second kappa shape index (κ2) is 10.8. The first-order chi connectivity index (χ1) is 19.7. The minimum atomic E-state index is -4.44. The standard InChI is InChI=1S/C29H28F3N7O2/c30-29(31,32)21-4-1-3-18(15-21)16-33-26-24-27(39(17-34-24)14-13-38-12-2-5-23(38)40)37-25(36-26)19-6-8-20(9-7-19)28(41)35-22-10-11-22/h1,3-4,6-9,15,17,22H,2,5,10-14,16H2,(H,35,41)(H,33,36,37). The van der Waals surface area contributed by atoms with Gasteiger partial charge < -0.3 is 20.1 Å². The molecule has 41 heavy (non-hydrogen) atoms. The zero-order valence-electron chi connectivity index (χ0n) is 22.1. The highest BCUT2D eigenvalue weighted by Crippen LogP contribution is 2.30. The van der Waals surface area contributed by atoms with Crippen LogP contribution in [0.1, 0.15) is 47.2 Å². The fraction of sp³-hybridized carbons (Fsp3) is 0.345. The van der Waals surface area contributed by atoms with E-state index in [2.05, 4.69) is 20.6 Å². The first-order valence-electron chi connectivity index (χ1n) is 13.6. The summed E-state index contributed by atoms with van der Waals surface area (Å²) >= 11 is 0. The van der Waals surface area contributed by atoms with Gasteiger partial charge in [0.25, 0.3) is 5.91 Å². The van der Waals surface area contributed by atoms with Gasteiger partial charge in [-0.25, -0.2) is 15.0 Å². The van der Waals surface area contributed by atoms with E-state index in [1.54, 1.807) is 36.7 Å². The lowest BCUT2D eigenvalue weighted by atomic mass is 10.1. The number of benzene rings is 2. The Morgan fingerprint density at radius 1 is 1.05 bits per heavy atom. The SMILES string of the molecule is O=C(NC1CC1)c1ccc(-c2nc(NCc3cccc(C(F)(F)F)c3)c3ncn(CCN4CCCC4=O)c3n2)cc1. The van der Waals surface area contributed by atoms with Gasteiger partial charge in [-0.2, -0.15) is 13.2 Å². The number of hydrogen-bond acceptors (Lipinski definition) is 6. The molecule has 2 aromatic heterocycles. The third kappa shape index (κ3) is 6.01. The summed E-state index contributed by atoms with van der Waals surface area (Å²) in [5, 5.41) is 6.11. The zero-order valence-corrected chi connectivity index (χ0v) is 22.1. The molecule has 0 bridgehead atoms. The molecule has 4 aromatic rings. The molecule has 1 aliphatic heterocycles. The van der Waals surface area contributed by atoms with E-state index in [4.69, 9.17) is 4.98 Å². The van der Waals surface area contributed by atoms with Gasteiger partial charge >= 0.3 is 6.18 Å². The number of nitrogens with zero attached hydrogens (tertiary/aromatic N) is 5. The van der Waals surface area contributed by atoms with Gasteiger partial charge in [-0.1, -0.05) is 24.3 Å². The number of rotatable bonds is 9. The number of anilines is 1. The Morgan fingerprint density at radius 2 is 1.85 bits per heavy atom. The molecule has 0 unspecified atom stereocenters. The summed E-state index contributed by atoms with van der Waals surface area (Å²) in [6.07, 6.45) is 0.567. The molecule has 2 aliphatic rings. The molecule has 1 saturated heterocycles. The van der Waals surface area contributed by atoms with Crippen LogP contribution in [0.25, 0.3) is 22.6 Å². The molecular formula is C29H28F3N7O2. The molecule has 0 radical (unpaired) electrons. The number of hydrogen-bond donors (Lipinski definition) is 2. The summed E-state index contributed by atoms with van der Waals surface area (Å²) < 4.78 is 41.5. The zero-order chi connectivity index (χ0) is 28.6. The third-order valence-corrected chi connectivity index (χ3v) is 7.28. The maximum absolute atomic E-state index is 13.2. The van der Waals surface area contributed by atoms with E-state index in [9.17, 15) is 22.8 Å². The fourth-order valence-electron chi connectivity index (χ4n) is 4.84. The second-order valence-electron chi connectivity index (χ2n) is 10.4. The third-order valence-electron chi connectivity index (χ3n) is 7.28. The molecule has 0 spiro atoms. The first kappa shape index (κ1) is 26.7. The van der Waals surface area contributed by atoms with Crippen molar-refractivity contribution < 1.29 is 22.8 Å². The largest absolute Gasteiger partial charge is 0.416 e. The monoisotopic (exact) mass is 563 g/mol. The number of alkyl halides is 3. The molecule has 1 saturated carbocycles.